The van der Waals surface area contributed by atoms with Crippen LogP contribution in [0.25, 0.3) is 11.0 Å². The molecule has 2 aromatic carbocycles. The molecule has 0 N–H and O–H groups in total. The van der Waals surface area contributed by atoms with Crippen LogP contribution in [0.5, 0.6) is 0 Å². The Morgan fingerprint density at radius 3 is 2.52 bits per heavy atom. The summed E-state index contributed by atoms with van der Waals surface area (Å²) in [6, 6.07) is 15.3. The molecule has 1 saturated heterocycles. The lowest BCUT2D eigenvalue weighted by Gasteiger charge is -2.33. The number of piperidine rings is 1. The van der Waals surface area contributed by atoms with Crippen LogP contribution in [0.2, 0.25) is 0 Å². The summed E-state index contributed by atoms with van der Waals surface area (Å²) in [5.74, 6) is 1.72. The fourth-order valence-electron chi connectivity index (χ4n) is 4.41. The van der Waals surface area contributed by atoms with Crippen LogP contribution in [-0.2, 0) is 20.0 Å². The molecule has 4 rings (SSSR count). The molecular formula is C24H31FN4. The third-order valence-corrected chi connectivity index (χ3v) is 6.20. The van der Waals surface area contributed by atoms with E-state index in [1.165, 1.54) is 23.9 Å². The molecule has 4 nitrogen and oxygen atoms in total. The summed E-state index contributed by atoms with van der Waals surface area (Å²) in [6.45, 7) is 5.39. The minimum atomic E-state index is -0.155. The SMILES string of the molecule is CN(Cc1nc2ccccc2n1C)CC1CCN(CCc2ccc(F)cc2)CC1. The van der Waals surface area contributed by atoms with Gasteiger partial charge in [-0.2, -0.15) is 0 Å². The van der Waals surface area contributed by atoms with Gasteiger partial charge in [0.2, 0.25) is 0 Å². The summed E-state index contributed by atoms with van der Waals surface area (Å²) < 4.78 is 15.2. The zero-order valence-electron chi connectivity index (χ0n) is 17.5. The predicted molar refractivity (Wildman–Crippen MR) is 116 cm³/mol. The van der Waals surface area contributed by atoms with E-state index in [4.69, 9.17) is 4.98 Å². The fourth-order valence-corrected chi connectivity index (χ4v) is 4.41. The van der Waals surface area contributed by atoms with E-state index in [-0.39, 0.29) is 5.82 Å². The number of nitrogens with zero attached hydrogens (tertiary/aromatic N) is 4. The van der Waals surface area contributed by atoms with Crippen LogP contribution in [0.1, 0.15) is 24.2 Å². The maximum atomic E-state index is 13.0. The molecule has 154 valence electrons. The Morgan fingerprint density at radius 2 is 1.79 bits per heavy atom. The van der Waals surface area contributed by atoms with Gasteiger partial charge in [0.1, 0.15) is 11.6 Å². The van der Waals surface area contributed by atoms with Gasteiger partial charge in [0.05, 0.1) is 17.6 Å². The molecule has 29 heavy (non-hydrogen) atoms. The number of hydrogen-bond acceptors (Lipinski definition) is 3. The number of benzene rings is 2. The first-order chi connectivity index (χ1) is 14.1. The second kappa shape index (κ2) is 9.06. The number of imidazole rings is 1. The van der Waals surface area contributed by atoms with Crippen LogP contribution in [0.3, 0.4) is 0 Å². The summed E-state index contributed by atoms with van der Waals surface area (Å²) in [6.07, 6.45) is 3.49. The highest BCUT2D eigenvalue weighted by molar-refractivity contribution is 5.75. The van der Waals surface area contributed by atoms with Crippen molar-refractivity contribution in [2.24, 2.45) is 13.0 Å². The highest BCUT2D eigenvalue weighted by atomic mass is 19.1. The van der Waals surface area contributed by atoms with Crippen molar-refractivity contribution in [3.63, 3.8) is 0 Å². The van der Waals surface area contributed by atoms with Crippen molar-refractivity contribution in [3.8, 4) is 0 Å². The molecular weight excluding hydrogens is 363 g/mol. The topological polar surface area (TPSA) is 24.3 Å². The zero-order chi connectivity index (χ0) is 20.2. The maximum absolute atomic E-state index is 13.0. The fraction of sp³-hybridized carbons (Fsp3) is 0.458. The first kappa shape index (κ1) is 20.0. The Bertz CT molecular complexity index is 926. The third kappa shape index (κ3) is 5.03. The Kier molecular flexibility index (Phi) is 6.26. The molecule has 0 aliphatic carbocycles. The number of halogens is 1. The molecule has 0 spiro atoms. The van der Waals surface area contributed by atoms with E-state index in [1.54, 1.807) is 12.1 Å². The smallest absolute Gasteiger partial charge is 0.123 e. The van der Waals surface area contributed by atoms with Crippen molar-refractivity contribution in [3.05, 3.63) is 65.7 Å². The van der Waals surface area contributed by atoms with Gasteiger partial charge in [-0.25, -0.2) is 9.37 Å². The number of rotatable bonds is 7. The minimum Gasteiger partial charge on any atom is -0.330 e. The van der Waals surface area contributed by atoms with Crippen molar-refractivity contribution >= 4 is 11.0 Å². The van der Waals surface area contributed by atoms with Crippen LogP contribution in [0.4, 0.5) is 4.39 Å². The second-order valence-electron chi connectivity index (χ2n) is 8.43. The zero-order valence-corrected chi connectivity index (χ0v) is 17.5. The van der Waals surface area contributed by atoms with E-state index < -0.39 is 0 Å². The van der Waals surface area contributed by atoms with Gasteiger partial charge in [-0.15, -0.1) is 0 Å². The molecule has 0 saturated carbocycles. The Hall–Kier alpha value is -2.24. The monoisotopic (exact) mass is 394 g/mol. The Labute approximate surface area is 173 Å². The number of fused-ring (bicyclic) bond motifs is 1. The molecule has 1 aliphatic heterocycles. The van der Waals surface area contributed by atoms with Crippen molar-refractivity contribution in [2.45, 2.75) is 25.8 Å². The van der Waals surface area contributed by atoms with Crippen LogP contribution in [0.15, 0.2) is 48.5 Å². The number of likely N-dealkylation sites (tertiary alicyclic amines) is 1. The molecule has 0 amide bonds. The summed E-state index contributed by atoms with van der Waals surface area (Å²) in [7, 11) is 4.32. The molecule has 2 heterocycles. The van der Waals surface area contributed by atoms with Crippen molar-refractivity contribution in [2.75, 3.05) is 33.2 Å². The van der Waals surface area contributed by atoms with E-state index in [0.717, 1.165) is 56.4 Å². The Morgan fingerprint density at radius 1 is 1.07 bits per heavy atom. The van der Waals surface area contributed by atoms with Crippen molar-refractivity contribution in [1.82, 2.24) is 19.4 Å². The van der Waals surface area contributed by atoms with Gasteiger partial charge in [-0.1, -0.05) is 24.3 Å². The van der Waals surface area contributed by atoms with Crippen molar-refractivity contribution < 1.29 is 4.39 Å². The number of hydrogen-bond donors (Lipinski definition) is 0. The molecule has 0 unspecified atom stereocenters. The van der Waals surface area contributed by atoms with Gasteiger partial charge in [-0.05, 0) is 75.1 Å². The van der Waals surface area contributed by atoms with E-state index in [1.807, 2.05) is 18.2 Å². The molecule has 1 fully saturated rings. The summed E-state index contributed by atoms with van der Waals surface area (Å²) in [5.41, 5.74) is 3.49. The van der Waals surface area contributed by atoms with E-state index in [9.17, 15) is 4.39 Å². The quantitative estimate of drug-likeness (QED) is 0.603. The van der Waals surface area contributed by atoms with Gasteiger partial charge < -0.3 is 9.47 Å². The highest BCUT2D eigenvalue weighted by Gasteiger charge is 2.21. The van der Waals surface area contributed by atoms with Crippen LogP contribution in [0, 0.1) is 11.7 Å². The van der Waals surface area contributed by atoms with Gasteiger partial charge in [0.25, 0.3) is 0 Å². The van der Waals surface area contributed by atoms with Gasteiger partial charge in [0.15, 0.2) is 0 Å². The lowest BCUT2D eigenvalue weighted by Crippen LogP contribution is -2.38. The summed E-state index contributed by atoms with van der Waals surface area (Å²) in [4.78, 5) is 9.77. The van der Waals surface area contributed by atoms with E-state index >= 15 is 0 Å². The average molecular weight is 395 g/mol. The summed E-state index contributed by atoms with van der Waals surface area (Å²) in [5, 5.41) is 0. The molecule has 3 aromatic rings. The second-order valence-corrected chi connectivity index (χ2v) is 8.43. The lowest BCUT2D eigenvalue weighted by atomic mass is 9.96. The molecule has 5 heteroatoms. The van der Waals surface area contributed by atoms with Crippen LogP contribution < -0.4 is 0 Å². The summed E-state index contributed by atoms with van der Waals surface area (Å²) >= 11 is 0. The highest BCUT2D eigenvalue weighted by Crippen LogP contribution is 2.20. The molecule has 0 atom stereocenters. The molecule has 0 radical (unpaired) electrons. The van der Waals surface area contributed by atoms with Gasteiger partial charge >= 0.3 is 0 Å². The maximum Gasteiger partial charge on any atom is 0.123 e. The molecule has 1 aromatic heterocycles. The first-order valence-corrected chi connectivity index (χ1v) is 10.6. The molecule has 1 aliphatic rings. The number of aromatic nitrogens is 2. The number of aryl methyl sites for hydroxylation is 1. The third-order valence-electron chi connectivity index (χ3n) is 6.20. The van der Waals surface area contributed by atoms with Crippen molar-refractivity contribution in [1.29, 1.82) is 0 Å². The van der Waals surface area contributed by atoms with Crippen LogP contribution in [-0.4, -0.2) is 52.6 Å². The molecule has 0 bridgehead atoms. The van der Waals surface area contributed by atoms with E-state index in [0.29, 0.717) is 0 Å². The predicted octanol–water partition coefficient (Wildman–Crippen LogP) is 4.10. The van der Waals surface area contributed by atoms with E-state index in [2.05, 4.69) is 46.7 Å². The number of para-hydroxylation sites is 2. The lowest BCUT2D eigenvalue weighted by molar-refractivity contribution is 0.152. The van der Waals surface area contributed by atoms with Crippen LogP contribution >= 0.6 is 0 Å². The minimum absolute atomic E-state index is 0.155. The largest absolute Gasteiger partial charge is 0.330 e. The first-order valence-electron chi connectivity index (χ1n) is 10.6. The normalized spacial score (nSPS) is 16.1. The average Bonchev–Trinajstić information content (AvgIpc) is 3.04. The van der Waals surface area contributed by atoms with Gasteiger partial charge in [-0.3, -0.25) is 4.90 Å². The Balaban J connectivity index is 1.22. The standard InChI is InChI=1S/C24H31FN4/c1-27(18-24-26-22-5-3-4-6-23(22)28(24)2)17-20-12-15-29(16-13-20)14-11-19-7-9-21(25)10-8-19/h3-10,20H,11-18H2,1-2H3. The van der Waals surface area contributed by atoms with Gasteiger partial charge in [0, 0.05) is 20.1 Å².